The molecular weight excluding hydrogens is 708 g/mol. The number of methoxy groups -OCH3 is 1. The van der Waals surface area contributed by atoms with Gasteiger partial charge >= 0.3 is 12.1 Å². The summed E-state index contributed by atoms with van der Waals surface area (Å²) in [6.45, 7) is 9.83. The number of aromatic nitrogens is 2. The predicted octanol–water partition coefficient (Wildman–Crippen LogP) is 7.44. The van der Waals surface area contributed by atoms with Gasteiger partial charge in [0.2, 0.25) is 0 Å². The summed E-state index contributed by atoms with van der Waals surface area (Å²) < 4.78 is 62.6. The Labute approximate surface area is 319 Å². The average Bonchev–Trinajstić information content (AvgIpc) is 3.76. The van der Waals surface area contributed by atoms with Crippen LogP contribution in [0.25, 0.3) is 32.8 Å². The molecule has 55 heavy (non-hydrogen) atoms. The zero-order valence-electron chi connectivity index (χ0n) is 32.2. The van der Waals surface area contributed by atoms with Crippen LogP contribution in [0.15, 0.2) is 36.4 Å². The van der Waals surface area contributed by atoms with E-state index in [9.17, 15) is 9.18 Å². The van der Waals surface area contributed by atoms with Crippen LogP contribution in [0.3, 0.4) is 0 Å². The molecule has 0 spiro atoms. The van der Waals surface area contributed by atoms with Crippen LogP contribution in [0.1, 0.15) is 65.4 Å². The molecule has 1 aromatic heterocycles. The molecule has 0 saturated carbocycles. The van der Waals surface area contributed by atoms with E-state index < -0.39 is 23.1 Å². The second-order valence-corrected chi connectivity index (χ2v) is 16.8. The van der Waals surface area contributed by atoms with Crippen molar-refractivity contribution in [3.05, 3.63) is 47.8 Å². The molecule has 4 fully saturated rings. The van der Waals surface area contributed by atoms with Gasteiger partial charge in [-0.3, -0.25) is 9.80 Å². The summed E-state index contributed by atoms with van der Waals surface area (Å²) in [4.78, 5) is 29.7. The molecule has 4 aromatic rings. The lowest BCUT2D eigenvalue weighted by molar-refractivity contribution is 0.00544. The van der Waals surface area contributed by atoms with Gasteiger partial charge in [0.1, 0.15) is 47.8 Å². The van der Waals surface area contributed by atoms with E-state index in [1.165, 1.54) is 0 Å². The van der Waals surface area contributed by atoms with Gasteiger partial charge in [-0.05, 0) is 99.5 Å². The number of piperazine rings is 1. The van der Waals surface area contributed by atoms with E-state index in [4.69, 9.17) is 33.7 Å². The van der Waals surface area contributed by atoms with Crippen LogP contribution in [-0.4, -0.2) is 108 Å². The third-order valence-corrected chi connectivity index (χ3v) is 12.2. The maximum atomic E-state index is 17.6. The molecule has 11 nitrogen and oxygen atoms in total. The van der Waals surface area contributed by atoms with Crippen molar-refractivity contribution in [2.75, 3.05) is 51.7 Å². The molecule has 4 saturated heterocycles. The van der Waals surface area contributed by atoms with E-state index in [1.54, 1.807) is 13.2 Å². The number of nitrogens with zero attached hydrogens (tertiary/aromatic N) is 5. The number of fused-ring (bicyclic) bond motifs is 7. The molecule has 5 atom stereocenters. The van der Waals surface area contributed by atoms with Gasteiger partial charge in [0.15, 0.2) is 12.6 Å². The number of alkyl halides is 1. The van der Waals surface area contributed by atoms with Crippen LogP contribution in [0.2, 0.25) is 0 Å². The number of benzene rings is 3. The molecule has 0 N–H and O–H groups in total. The van der Waals surface area contributed by atoms with Gasteiger partial charge < -0.3 is 28.6 Å². The molecule has 0 unspecified atom stereocenters. The number of amides is 1. The Morgan fingerprint density at radius 2 is 1.91 bits per heavy atom. The van der Waals surface area contributed by atoms with E-state index in [-0.39, 0.29) is 55.8 Å². The lowest BCUT2D eigenvalue weighted by Crippen LogP contribution is -2.63. The van der Waals surface area contributed by atoms with Crippen molar-refractivity contribution in [2.45, 2.75) is 102 Å². The molecule has 6 heterocycles. The Morgan fingerprint density at radius 1 is 1.05 bits per heavy atom. The Balaban J connectivity index is 1.20. The molecule has 2 bridgehead atoms. The van der Waals surface area contributed by atoms with Crippen LogP contribution >= 0.6 is 0 Å². The molecule has 1 amide bonds. The second-order valence-electron chi connectivity index (χ2n) is 16.8. The van der Waals surface area contributed by atoms with E-state index >= 15 is 4.39 Å². The first-order chi connectivity index (χ1) is 26.5. The molecule has 3 aromatic carbocycles. The van der Waals surface area contributed by atoms with Gasteiger partial charge in [-0.15, -0.1) is 0 Å². The van der Waals surface area contributed by atoms with Crippen molar-refractivity contribution in [1.82, 2.24) is 19.8 Å². The topological polar surface area (TPSA) is 98.7 Å². The molecule has 5 aliphatic rings. The lowest BCUT2D eigenvalue weighted by Gasteiger charge is -2.46. The number of rotatable bonds is 8. The van der Waals surface area contributed by atoms with Crippen molar-refractivity contribution in [3.63, 3.8) is 0 Å². The Kier molecular flexibility index (Phi) is 8.95. The minimum Gasteiger partial charge on any atom is -0.490 e. The smallest absolute Gasteiger partial charge is 0.410 e. The van der Waals surface area contributed by atoms with Crippen LogP contribution in [-0.2, 0) is 15.9 Å². The van der Waals surface area contributed by atoms with Crippen LogP contribution in [0.4, 0.5) is 19.4 Å². The monoisotopic (exact) mass is 757 g/mol. The van der Waals surface area contributed by atoms with Gasteiger partial charge in [-0.2, -0.15) is 9.97 Å². The number of hydrogen-bond donors (Lipinski definition) is 0. The molecule has 13 heteroatoms. The number of hydrogen-bond acceptors (Lipinski definition) is 10. The minimum atomic E-state index is -0.922. The number of ether oxygens (including phenoxy) is 5. The first-order valence-corrected chi connectivity index (χ1v) is 19.6. The highest BCUT2D eigenvalue weighted by Gasteiger charge is 2.52. The zero-order valence-corrected chi connectivity index (χ0v) is 32.2. The molecule has 5 aliphatic heterocycles. The summed E-state index contributed by atoms with van der Waals surface area (Å²) in [6, 6.07) is 11.0. The van der Waals surface area contributed by atoms with Gasteiger partial charge in [0.05, 0.1) is 29.1 Å². The molecular formula is C42H49F2N5O6. The molecule has 9 rings (SSSR count). The highest BCUT2D eigenvalue weighted by atomic mass is 19.1. The first kappa shape index (κ1) is 36.2. The Morgan fingerprint density at radius 3 is 2.71 bits per heavy atom. The van der Waals surface area contributed by atoms with E-state index in [0.717, 1.165) is 55.0 Å². The number of halogens is 2. The van der Waals surface area contributed by atoms with Crippen LogP contribution in [0.5, 0.6) is 17.5 Å². The summed E-state index contributed by atoms with van der Waals surface area (Å²) in [7, 11) is 1.56. The fourth-order valence-corrected chi connectivity index (χ4v) is 9.89. The van der Waals surface area contributed by atoms with Crippen LogP contribution < -0.4 is 19.1 Å². The lowest BCUT2D eigenvalue weighted by atomic mass is 9.92. The number of anilines is 1. The summed E-state index contributed by atoms with van der Waals surface area (Å²) in [5.74, 6) is 0.959. The third-order valence-electron chi connectivity index (χ3n) is 12.2. The fraction of sp³-hybridized carbons (Fsp3) is 0.548. The highest BCUT2D eigenvalue weighted by Crippen LogP contribution is 2.48. The average molecular weight is 758 g/mol. The highest BCUT2D eigenvalue weighted by molar-refractivity contribution is 6.05. The fourth-order valence-electron chi connectivity index (χ4n) is 9.89. The Bertz CT molecular complexity index is 2160. The first-order valence-electron chi connectivity index (χ1n) is 19.6. The van der Waals surface area contributed by atoms with Crippen LogP contribution in [0, 0.1) is 5.82 Å². The van der Waals surface area contributed by atoms with Gasteiger partial charge in [0.25, 0.3) is 0 Å². The third kappa shape index (κ3) is 6.18. The number of carbonyl (C=O) groups excluding carboxylic acids is 1. The summed E-state index contributed by atoms with van der Waals surface area (Å²) in [5, 5.41) is 2.27. The largest absolute Gasteiger partial charge is 0.490 e. The quantitative estimate of drug-likeness (QED) is 0.169. The normalized spacial score (nSPS) is 25.9. The SMILES string of the molecule is CCc1cccc2cc(OCOC)cc(-c3cc4c5c(nc(OC[C@@]67CCCN6C[C@H](F)C7)nc5c3F)N3C[C@H]5CC[C@@H]([C@@H]3CO4)N5C(=O)OC(C)(C)C)c12. The van der Waals surface area contributed by atoms with Gasteiger partial charge in [-0.25, -0.2) is 13.6 Å². The number of carbonyl (C=O) groups is 1. The Hall–Kier alpha value is -4.49. The van der Waals surface area contributed by atoms with Crippen molar-refractivity contribution in [2.24, 2.45) is 0 Å². The number of aryl methyl sites for hydroxylation is 1. The van der Waals surface area contributed by atoms with Crippen molar-refractivity contribution >= 4 is 33.6 Å². The molecule has 0 radical (unpaired) electrons. The molecule has 0 aliphatic carbocycles. The standard InChI is InChI=1S/C42H49F2N5O6/c1-6-24-9-7-10-25-15-28(54-23-51-5)16-29(34(24)25)30-17-33-35-37(36(30)44)45-39(53-22-42-13-8-14-47(42)19-26(43)18-42)46-38(35)48-20-27-11-12-31(32(48)21-52-33)49(27)40(50)55-41(2,3)4/h7,9-10,15-17,26-27,31-32H,6,8,11-14,18-23H2,1-5H3/t26-,27-,31+,32+,42+/m1/s1. The van der Waals surface area contributed by atoms with E-state index in [1.807, 2.05) is 49.9 Å². The maximum absolute atomic E-state index is 17.6. The second kappa shape index (κ2) is 13.6. The van der Waals surface area contributed by atoms with E-state index in [2.05, 4.69) is 22.8 Å². The van der Waals surface area contributed by atoms with E-state index in [0.29, 0.717) is 53.3 Å². The summed E-state index contributed by atoms with van der Waals surface area (Å²) in [5.41, 5.74) is 0.992. The minimum absolute atomic E-state index is 0.0338. The summed E-state index contributed by atoms with van der Waals surface area (Å²) in [6.07, 6.45) is 3.20. The van der Waals surface area contributed by atoms with Gasteiger partial charge in [0, 0.05) is 32.2 Å². The predicted molar refractivity (Wildman–Crippen MR) is 204 cm³/mol. The summed E-state index contributed by atoms with van der Waals surface area (Å²) >= 11 is 0. The zero-order chi connectivity index (χ0) is 38.2. The maximum Gasteiger partial charge on any atom is 0.410 e. The molecule has 292 valence electrons. The van der Waals surface area contributed by atoms with Crippen molar-refractivity contribution < 1.29 is 37.3 Å². The van der Waals surface area contributed by atoms with Crippen molar-refractivity contribution in [3.8, 4) is 28.6 Å². The van der Waals surface area contributed by atoms with Gasteiger partial charge in [-0.1, -0.05) is 25.1 Å². The van der Waals surface area contributed by atoms with Crippen molar-refractivity contribution in [1.29, 1.82) is 0 Å².